The molecule has 6 heteroatoms. The number of hydrogen-bond acceptors (Lipinski definition) is 3. The van der Waals surface area contributed by atoms with Crippen LogP contribution >= 0.6 is 11.6 Å². The van der Waals surface area contributed by atoms with Gasteiger partial charge in [-0.05, 0) is 23.3 Å². The van der Waals surface area contributed by atoms with E-state index in [1.165, 1.54) is 12.1 Å². The lowest BCUT2D eigenvalue weighted by atomic mass is 10.1. The van der Waals surface area contributed by atoms with E-state index in [4.69, 9.17) is 16.2 Å². The van der Waals surface area contributed by atoms with E-state index < -0.39 is 10.4 Å². The number of hydrogen-bond donors (Lipinski definition) is 1. The molecule has 4 nitrogen and oxygen atoms in total. The van der Waals surface area contributed by atoms with Crippen LogP contribution in [0.2, 0.25) is 5.02 Å². The summed E-state index contributed by atoms with van der Waals surface area (Å²) in [6.07, 6.45) is 0. The summed E-state index contributed by atoms with van der Waals surface area (Å²) >= 11 is 5.79. The zero-order valence-electron chi connectivity index (χ0n) is 9.08. The minimum atomic E-state index is -4.58. The zero-order chi connectivity index (χ0) is 13.2. The fourth-order valence-electron chi connectivity index (χ4n) is 1.49. The van der Waals surface area contributed by atoms with Crippen molar-refractivity contribution < 1.29 is 17.2 Å². The third kappa shape index (κ3) is 3.22. The molecule has 1 N–H and O–H groups in total. The first-order chi connectivity index (χ1) is 8.46. The van der Waals surface area contributed by atoms with Crippen molar-refractivity contribution in [2.45, 2.75) is 0 Å². The van der Waals surface area contributed by atoms with Gasteiger partial charge in [0.05, 0.1) is 5.02 Å². The third-order valence-electron chi connectivity index (χ3n) is 2.23. The van der Waals surface area contributed by atoms with Crippen molar-refractivity contribution in [3.05, 3.63) is 53.6 Å². The van der Waals surface area contributed by atoms with Crippen molar-refractivity contribution in [2.75, 3.05) is 0 Å². The van der Waals surface area contributed by atoms with Crippen LogP contribution in [0, 0.1) is 0 Å². The number of benzene rings is 2. The van der Waals surface area contributed by atoms with Crippen molar-refractivity contribution in [1.82, 2.24) is 0 Å². The molecule has 0 amide bonds. The molecule has 0 aromatic heterocycles. The van der Waals surface area contributed by atoms with Crippen LogP contribution in [-0.2, 0) is 10.4 Å². The average Bonchev–Trinajstić information content (AvgIpc) is 2.31. The molecule has 0 saturated heterocycles. The van der Waals surface area contributed by atoms with E-state index in [-0.39, 0.29) is 10.8 Å². The van der Waals surface area contributed by atoms with Gasteiger partial charge in [-0.25, -0.2) is 0 Å². The van der Waals surface area contributed by atoms with Crippen molar-refractivity contribution in [1.29, 1.82) is 0 Å². The second-order valence-electron chi connectivity index (χ2n) is 3.52. The lowest BCUT2D eigenvalue weighted by Crippen LogP contribution is -2.07. The number of rotatable bonds is 3. The summed E-state index contributed by atoms with van der Waals surface area (Å²) in [5.41, 5.74) is 1.62. The maximum absolute atomic E-state index is 10.7. The first-order valence-electron chi connectivity index (χ1n) is 4.97. The highest BCUT2D eigenvalue weighted by Gasteiger charge is 2.12. The molecule has 0 bridgehead atoms. The van der Waals surface area contributed by atoms with E-state index in [2.05, 4.69) is 4.18 Å². The summed E-state index contributed by atoms with van der Waals surface area (Å²) in [6.45, 7) is 0. The van der Waals surface area contributed by atoms with E-state index in [1.54, 1.807) is 6.07 Å². The normalized spacial score (nSPS) is 11.2. The lowest BCUT2D eigenvalue weighted by Gasteiger charge is -2.07. The molecule has 18 heavy (non-hydrogen) atoms. The number of halogens is 1. The second-order valence-corrected chi connectivity index (χ2v) is 4.95. The molecule has 94 valence electrons. The molecule has 0 saturated carbocycles. The Kier molecular flexibility index (Phi) is 3.56. The quantitative estimate of drug-likeness (QED) is 0.879. The Bertz CT molecular complexity index is 653. The first kappa shape index (κ1) is 12.9. The minimum Gasteiger partial charge on any atom is -0.360 e. The van der Waals surface area contributed by atoms with Gasteiger partial charge in [-0.15, -0.1) is 0 Å². The first-order valence-corrected chi connectivity index (χ1v) is 6.72. The van der Waals surface area contributed by atoms with Gasteiger partial charge in [0.2, 0.25) is 0 Å². The molecule has 2 aromatic carbocycles. The van der Waals surface area contributed by atoms with Gasteiger partial charge in [-0.1, -0.05) is 48.0 Å². The van der Waals surface area contributed by atoms with Gasteiger partial charge < -0.3 is 4.18 Å². The van der Waals surface area contributed by atoms with Crippen molar-refractivity contribution in [3.63, 3.8) is 0 Å². The van der Waals surface area contributed by atoms with Gasteiger partial charge >= 0.3 is 10.4 Å². The Labute approximate surface area is 110 Å². The maximum atomic E-state index is 10.7. The van der Waals surface area contributed by atoms with E-state index in [0.29, 0.717) is 0 Å². The Balaban J connectivity index is 2.44. The van der Waals surface area contributed by atoms with Crippen LogP contribution in [-0.4, -0.2) is 13.0 Å². The molecule has 0 heterocycles. The maximum Gasteiger partial charge on any atom is 0.446 e. The highest BCUT2D eigenvalue weighted by molar-refractivity contribution is 7.81. The van der Waals surface area contributed by atoms with E-state index in [9.17, 15) is 8.42 Å². The minimum absolute atomic E-state index is 0.104. The fourth-order valence-corrected chi connectivity index (χ4v) is 2.06. The molecule has 0 fully saturated rings. The van der Waals surface area contributed by atoms with Gasteiger partial charge in [0.15, 0.2) is 5.75 Å². The van der Waals surface area contributed by atoms with Crippen LogP contribution in [0.4, 0.5) is 0 Å². The topological polar surface area (TPSA) is 63.6 Å². The van der Waals surface area contributed by atoms with Gasteiger partial charge in [0.25, 0.3) is 0 Å². The van der Waals surface area contributed by atoms with E-state index >= 15 is 0 Å². The predicted octanol–water partition coefficient (Wildman–Crippen LogP) is 3.19. The van der Waals surface area contributed by atoms with Gasteiger partial charge in [-0.3, -0.25) is 4.55 Å². The summed E-state index contributed by atoms with van der Waals surface area (Å²) in [5.74, 6) is -0.111. The lowest BCUT2D eigenvalue weighted by molar-refractivity contribution is 0.387. The van der Waals surface area contributed by atoms with Crippen LogP contribution in [0.25, 0.3) is 11.1 Å². The molecule has 0 aliphatic rings. The molecule has 0 aliphatic heterocycles. The summed E-state index contributed by atoms with van der Waals surface area (Å²) in [4.78, 5) is 0. The zero-order valence-corrected chi connectivity index (χ0v) is 10.6. The average molecular weight is 285 g/mol. The van der Waals surface area contributed by atoms with Crippen LogP contribution < -0.4 is 4.18 Å². The van der Waals surface area contributed by atoms with Gasteiger partial charge in [-0.2, -0.15) is 8.42 Å². The predicted molar refractivity (Wildman–Crippen MR) is 69.1 cm³/mol. The Morgan fingerprint density at radius 3 is 2.28 bits per heavy atom. The largest absolute Gasteiger partial charge is 0.446 e. The molecule has 2 rings (SSSR count). The summed E-state index contributed by atoms with van der Waals surface area (Å²) in [7, 11) is -4.58. The highest BCUT2D eigenvalue weighted by Crippen LogP contribution is 2.31. The molecule has 0 aliphatic carbocycles. The third-order valence-corrected chi connectivity index (χ3v) is 2.94. The molecular weight excluding hydrogens is 276 g/mol. The van der Waals surface area contributed by atoms with Gasteiger partial charge in [0.1, 0.15) is 0 Å². The van der Waals surface area contributed by atoms with E-state index in [0.717, 1.165) is 11.1 Å². The van der Waals surface area contributed by atoms with Gasteiger partial charge in [0, 0.05) is 0 Å². The molecule has 0 atom stereocenters. The molecule has 2 aromatic rings. The summed E-state index contributed by atoms with van der Waals surface area (Å²) in [5, 5.41) is 0.104. The fraction of sp³-hybridized carbons (Fsp3) is 0. The second kappa shape index (κ2) is 4.97. The standard InChI is InChI=1S/C12H9ClO4S/c13-11-7-6-10(9-4-2-1-3-5-9)8-12(11)17-18(14,15)16/h1-8H,(H,14,15,16). The van der Waals surface area contributed by atoms with Crippen LogP contribution in [0.1, 0.15) is 0 Å². The van der Waals surface area contributed by atoms with Crippen molar-refractivity contribution in [3.8, 4) is 16.9 Å². The Hall–Kier alpha value is -1.56. The molecule has 0 spiro atoms. The molecule has 0 unspecified atom stereocenters. The Morgan fingerprint density at radius 1 is 1.00 bits per heavy atom. The van der Waals surface area contributed by atoms with Crippen LogP contribution in [0.15, 0.2) is 48.5 Å². The highest BCUT2D eigenvalue weighted by atomic mass is 35.5. The Morgan fingerprint density at radius 2 is 1.67 bits per heavy atom. The van der Waals surface area contributed by atoms with Crippen LogP contribution in [0.5, 0.6) is 5.75 Å². The van der Waals surface area contributed by atoms with Crippen molar-refractivity contribution >= 4 is 22.0 Å². The smallest absolute Gasteiger partial charge is 0.360 e. The summed E-state index contributed by atoms with van der Waals surface area (Å²) in [6, 6.07) is 14.0. The molecular formula is C12H9ClO4S. The molecule has 0 radical (unpaired) electrons. The van der Waals surface area contributed by atoms with Crippen LogP contribution in [0.3, 0.4) is 0 Å². The van der Waals surface area contributed by atoms with Crippen molar-refractivity contribution in [2.24, 2.45) is 0 Å². The summed E-state index contributed by atoms with van der Waals surface area (Å²) < 4.78 is 34.4. The van der Waals surface area contributed by atoms with E-state index in [1.807, 2.05) is 30.3 Å². The monoisotopic (exact) mass is 284 g/mol. The SMILES string of the molecule is O=S(=O)(O)Oc1cc(-c2ccccc2)ccc1Cl.